The van der Waals surface area contributed by atoms with Crippen molar-refractivity contribution >= 4 is 18.1 Å². The van der Waals surface area contributed by atoms with Crippen molar-refractivity contribution in [1.29, 1.82) is 0 Å². The van der Waals surface area contributed by atoms with Gasteiger partial charge in [0.25, 0.3) is 0 Å². The predicted octanol–water partition coefficient (Wildman–Crippen LogP) is 1.75. The van der Waals surface area contributed by atoms with Gasteiger partial charge in [0.2, 0.25) is 0 Å². The monoisotopic (exact) mass is 216 g/mol. The van der Waals surface area contributed by atoms with Crippen molar-refractivity contribution in [2.75, 3.05) is 0 Å². The van der Waals surface area contributed by atoms with Crippen LogP contribution in [0.1, 0.15) is 12.5 Å². The van der Waals surface area contributed by atoms with E-state index in [0.29, 0.717) is 5.75 Å². The molecule has 0 bridgehead atoms. The van der Waals surface area contributed by atoms with Crippen LogP contribution in [0.5, 0.6) is 5.75 Å². The third-order valence-electron chi connectivity index (χ3n) is 2.57. The quantitative estimate of drug-likeness (QED) is 0.768. The highest BCUT2D eigenvalue weighted by Crippen LogP contribution is 2.29. The molecule has 0 aliphatic rings. The molecule has 0 radical (unpaired) electrons. The number of fused-ring (bicyclic) bond motifs is 1. The van der Waals surface area contributed by atoms with Crippen LogP contribution >= 0.6 is 0 Å². The number of aryl methyl sites for hydroxylation is 1. The van der Waals surface area contributed by atoms with Gasteiger partial charge in [0.15, 0.2) is 0 Å². The summed E-state index contributed by atoms with van der Waals surface area (Å²) in [6.45, 7) is 2.06. The van der Waals surface area contributed by atoms with Gasteiger partial charge in [-0.2, -0.15) is 0 Å². The van der Waals surface area contributed by atoms with Crippen molar-refractivity contribution < 1.29 is 14.7 Å². The highest BCUT2D eigenvalue weighted by Gasteiger charge is 2.14. The van der Waals surface area contributed by atoms with Crippen LogP contribution in [-0.4, -0.2) is 17.4 Å². The third kappa shape index (κ3) is 2.03. The predicted molar refractivity (Wildman–Crippen MR) is 64.1 cm³/mol. The molecule has 2 aromatic carbocycles. The summed E-state index contributed by atoms with van der Waals surface area (Å²) in [5.41, 5.74) is 1.13. The summed E-state index contributed by atoms with van der Waals surface area (Å²) in [5, 5.41) is 19.7. The second-order valence-corrected chi connectivity index (χ2v) is 3.57. The maximum absolute atomic E-state index is 8.86. The van der Waals surface area contributed by atoms with Gasteiger partial charge in [0.05, 0.1) is 0 Å². The van der Waals surface area contributed by atoms with Crippen LogP contribution in [0, 0.1) is 0 Å². The summed E-state index contributed by atoms with van der Waals surface area (Å²) in [4.78, 5) is 0. The smallest absolute Gasteiger partial charge is 0.511 e. The molecule has 0 spiro atoms. The van der Waals surface area contributed by atoms with Crippen LogP contribution in [0.2, 0.25) is 0 Å². The van der Waals surface area contributed by atoms with Crippen molar-refractivity contribution in [3.8, 4) is 5.75 Å². The second kappa shape index (κ2) is 4.55. The van der Waals surface area contributed by atoms with Crippen LogP contribution in [0.3, 0.4) is 0 Å². The van der Waals surface area contributed by atoms with Gasteiger partial charge < -0.3 is 14.7 Å². The molecular formula is C12H13BO3. The number of benzene rings is 2. The van der Waals surface area contributed by atoms with Crippen LogP contribution in [-0.2, 0) is 6.42 Å². The molecule has 3 nitrogen and oxygen atoms in total. The summed E-state index contributed by atoms with van der Waals surface area (Å²) < 4.78 is 4.98. The fraction of sp³-hybridized carbons (Fsp3) is 0.167. The van der Waals surface area contributed by atoms with E-state index in [9.17, 15) is 0 Å². The molecular weight excluding hydrogens is 203 g/mol. The molecule has 4 heteroatoms. The Morgan fingerprint density at radius 2 is 1.81 bits per heavy atom. The molecule has 0 atom stereocenters. The van der Waals surface area contributed by atoms with Crippen molar-refractivity contribution in [2.24, 2.45) is 0 Å². The minimum Gasteiger partial charge on any atom is -0.511 e. The summed E-state index contributed by atoms with van der Waals surface area (Å²) in [6, 6.07) is 11.5. The summed E-state index contributed by atoms with van der Waals surface area (Å²) >= 11 is 0. The molecule has 0 saturated heterocycles. The molecule has 2 aromatic rings. The maximum Gasteiger partial charge on any atom is 0.707 e. The standard InChI is InChI=1S/C12H13BO3/c1-2-9-5-3-6-10-7-4-8-11(12(9)10)16-13(14)15/h3-8,14-15H,2H2,1H3. The molecule has 0 aliphatic carbocycles. The zero-order valence-corrected chi connectivity index (χ0v) is 9.05. The van der Waals surface area contributed by atoms with Gasteiger partial charge >= 0.3 is 7.32 Å². The van der Waals surface area contributed by atoms with Crippen molar-refractivity contribution in [2.45, 2.75) is 13.3 Å². The van der Waals surface area contributed by atoms with E-state index < -0.39 is 7.32 Å². The van der Waals surface area contributed by atoms with Crippen molar-refractivity contribution in [3.63, 3.8) is 0 Å². The van der Waals surface area contributed by atoms with E-state index in [1.807, 2.05) is 30.3 Å². The van der Waals surface area contributed by atoms with Gasteiger partial charge in [-0.05, 0) is 23.4 Å². The third-order valence-corrected chi connectivity index (χ3v) is 2.57. The van der Waals surface area contributed by atoms with Crippen molar-refractivity contribution in [3.05, 3.63) is 42.0 Å². The van der Waals surface area contributed by atoms with Gasteiger partial charge in [-0.3, -0.25) is 0 Å². The van der Waals surface area contributed by atoms with E-state index in [-0.39, 0.29) is 0 Å². The minimum atomic E-state index is -1.78. The SMILES string of the molecule is CCc1cccc2cccc(OB(O)O)c12. The first-order chi connectivity index (χ1) is 7.72. The van der Waals surface area contributed by atoms with Gasteiger partial charge in [-0.1, -0.05) is 37.3 Å². The molecule has 0 aromatic heterocycles. The van der Waals surface area contributed by atoms with Crippen LogP contribution in [0.15, 0.2) is 36.4 Å². The van der Waals surface area contributed by atoms with E-state index in [1.54, 1.807) is 6.07 Å². The Morgan fingerprint density at radius 1 is 1.12 bits per heavy atom. The number of hydrogen-bond acceptors (Lipinski definition) is 3. The molecule has 0 unspecified atom stereocenters. The second-order valence-electron chi connectivity index (χ2n) is 3.57. The summed E-state index contributed by atoms with van der Waals surface area (Å²) in [7, 11) is -1.78. The van der Waals surface area contributed by atoms with Gasteiger partial charge in [0.1, 0.15) is 5.75 Å². The zero-order chi connectivity index (χ0) is 11.5. The van der Waals surface area contributed by atoms with E-state index in [0.717, 1.165) is 22.8 Å². The van der Waals surface area contributed by atoms with Crippen LogP contribution in [0.4, 0.5) is 0 Å². The highest BCUT2D eigenvalue weighted by atomic mass is 16.6. The van der Waals surface area contributed by atoms with E-state index in [4.69, 9.17) is 14.7 Å². The highest BCUT2D eigenvalue weighted by molar-refractivity contribution is 6.34. The van der Waals surface area contributed by atoms with Crippen LogP contribution < -0.4 is 4.65 Å². The maximum atomic E-state index is 8.86. The van der Waals surface area contributed by atoms with E-state index in [1.165, 1.54) is 0 Å². The Balaban J connectivity index is 2.63. The molecule has 0 saturated carbocycles. The topological polar surface area (TPSA) is 49.7 Å². The summed E-state index contributed by atoms with van der Waals surface area (Å²) in [6.07, 6.45) is 0.874. The lowest BCUT2D eigenvalue weighted by Gasteiger charge is -2.11. The number of hydrogen-bond donors (Lipinski definition) is 2. The zero-order valence-electron chi connectivity index (χ0n) is 9.05. The molecule has 16 heavy (non-hydrogen) atoms. The van der Waals surface area contributed by atoms with Gasteiger partial charge in [0, 0.05) is 5.39 Å². The normalized spacial score (nSPS) is 10.4. The Bertz CT molecular complexity index is 491. The molecule has 0 heterocycles. The lowest BCUT2D eigenvalue weighted by Crippen LogP contribution is -2.20. The Hall–Kier alpha value is -1.52. The Labute approximate surface area is 94.5 Å². The fourth-order valence-electron chi connectivity index (χ4n) is 1.89. The van der Waals surface area contributed by atoms with Crippen molar-refractivity contribution in [1.82, 2.24) is 0 Å². The van der Waals surface area contributed by atoms with E-state index >= 15 is 0 Å². The lowest BCUT2D eigenvalue weighted by atomic mass is 10.0. The molecule has 0 aliphatic heterocycles. The number of rotatable bonds is 3. The molecule has 0 fully saturated rings. The first-order valence-corrected chi connectivity index (χ1v) is 5.25. The minimum absolute atomic E-state index is 0.505. The largest absolute Gasteiger partial charge is 0.707 e. The first-order valence-electron chi connectivity index (χ1n) is 5.25. The molecule has 2 N–H and O–H groups in total. The molecule has 0 amide bonds. The van der Waals surface area contributed by atoms with Crippen LogP contribution in [0.25, 0.3) is 10.8 Å². The molecule has 82 valence electrons. The lowest BCUT2D eigenvalue weighted by molar-refractivity contribution is 0.289. The average Bonchev–Trinajstić information content (AvgIpc) is 2.28. The Kier molecular flexibility index (Phi) is 3.13. The Morgan fingerprint density at radius 3 is 2.44 bits per heavy atom. The van der Waals surface area contributed by atoms with Gasteiger partial charge in [-0.15, -0.1) is 0 Å². The van der Waals surface area contributed by atoms with Gasteiger partial charge in [-0.25, -0.2) is 0 Å². The average molecular weight is 216 g/mol. The summed E-state index contributed by atoms with van der Waals surface area (Å²) in [5.74, 6) is 0.505. The first kappa shape index (κ1) is 11.0. The molecule has 2 rings (SSSR count). The van der Waals surface area contributed by atoms with E-state index in [2.05, 4.69) is 6.92 Å². The fourth-order valence-corrected chi connectivity index (χ4v) is 1.89.